The zero-order valence-electron chi connectivity index (χ0n) is 23.2. The van der Waals surface area contributed by atoms with Gasteiger partial charge in [0.1, 0.15) is 11.9 Å². The molecule has 10 nitrogen and oxygen atoms in total. The summed E-state index contributed by atoms with van der Waals surface area (Å²) in [6, 6.07) is 2.34. The zero-order chi connectivity index (χ0) is 28.4. The summed E-state index contributed by atoms with van der Waals surface area (Å²) in [5.41, 5.74) is 1.16. The molecule has 0 aromatic carbocycles. The third-order valence-corrected chi connectivity index (χ3v) is 6.25. The molecule has 2 heterocycles. The molecule has 2 aromatic rings. The van der Waals surface area contributed by atoms with Gasteiger partial charge in [-0.2, -0.15) is 9.37 Å². The Balaban J connectivity index is 1.54. The first-order valence-corrected chi connectivity index (χ1v) is 13.1. The quantitative estimate of drug-likeness (QED) is 0.228. The Morgan fingerprint density at radius 3 is 2.72 bits per heavy atom. The second-order valence-corrected chi connectivity index (χ2v) is 9.81. The van der Waals surface area contributed by atoms with Crippen LogP contribution in [0.1, 0.15) is 38.7 Å². The molecule has 1 aliphatic rings. The molecule has 39 heavy (non-hydrogen) atoms. The third kappa shape index (κ3) is 9.04. The number of amides is 2. The summed E-state index contributed by atoms with van der Waals surface area (Å²) in [7, 11) is 5.47. The zero-order valence-corrected chi connectivity index (χ0v) is 23.2. The van der Waals surface area contributed by atoms with Crippen LogP contribution < -0.4 is 16.0 Å². The number of hydrogen-bond donors (Lipinski definition) is 3. The highest BCUT2D eigenvalue weighted by Gasteiger charge is 2.31. The van der Waals surface area contributed by atoms with E-state index in [1.54, 1.807) is 32.3 Å². The van der Waals surface area contributed by atoms with Crippen molar-refractivity contribution in [1.29, 1.82) is 0 Å². The highest BCUT2D eigenvalue weighted by Crippen LogP contribution is 2.27. The van der Waals surface area contributed by atoms with Gasteiger partial charge in [-0.3, -0.25) is 9.59 Å². The number of hydrogen-bond acceptors (Lipinski definition) is 8. The molecule has 3 N–H and O–H groups in total. The predicted octanol–water partition coefficient (Wildman–Crippen LogP) is 2.79. The molecular formula is C28H37FN8O2. The molecule has 0 aliphatic heterocycles. The van der Waals surface area contributed by atoms with Gasteiger partial charge in [-0.1, -0.05) is 24.8 Å². The molecule has 0 bridgehead atoms. The van der Waals surface area contributed by atoms with Crippen LogP contribution in [-0.4, -0.2) is 82.9 Å². The summed E-state index contributed by atoms with van der Waals surface area (Å²) in [4.78, 5) is 40.7. The molecule has 11 heteroatoms. The lowest BCUT2D eigenvalue weighted by Gasteiger charge is -2.34. The largest absolute Gasteiger partial charge is 0.369 e. The van der Waals surface area contributed by atoms with Crippen LogP contribution >= 0.6 is 0 Å². The maximum absolute atomic E-state index is 13.4. The van der Waals surface area contributed by atoms with Crippen molar-refractivity contribution < 1.29 is 14.0 Å². The van der Waals surface area contributed by atoms with E-state index in [2.05, 4.69) is 49.7 Å². The third-order valence-electron chi connectivity index (χ3n) is 6.25. The van der Waals surface area contributed by atoms with Crippen molar-refractivity contribution >= 4 is 29.3 Å². The molecule has 1 saturated carbocycles. The van der Waals surface area contributed by atoms with E-state index in [4.69, 9.17) is 0 Å². The lowest BCUT2D eigenvalue weighted by molar-refractivity contribution is -0.135. The predicted molar refractivity (Wildman–Crippen MR) is 150 cm³/mol. The molecule has 1 aliphatic carbocycles. The first kappa shape index (κ1) is 29.5. The van der Waals surface area contributed by atoms with Crippen LogP contribution in [0, 0.1) is 23.7 Å². The van der Waals surface area contributed by atoms with Crippen LogP contribution in [0.25, 0.3) is 0 Å². The molecular weight excluding hydrogens is 499 g/mol. The van der Waals surface area contributed by atoms with Gasteiger partial charge in [0.15, 0.2) is 0 Å². The molecule has 0 unspecified atom stereocenters. The van der Waals surface area contributed by atoms with Crippen molar-refractivity contribution in [2.24, 2.45) is 5.92 Å². The van der Waals surface area contributed by atoms with Crippen LogP contribution in [0.5, 0.6) is 0 Å². The van der Waals surface area contributed by atoms with E-state index in [9.17, 15) is 14.0 Å². The van der Waals surface area contributed by atoms with E-state index in [1.165, 1.54) is 23.2 Å². The van der Waals surface area contributed by atoms with Crippen molar-refractivity contribution in [2.75, 3.05) is 44.9 Å². The average molecular weight is 537 g/mol. The second kappa shape index (κ2) is 14.2. The van der Waals surface area contributed by atoms with Gasteiger partial charge in [0.2, 0.25) is 23.7 Å². The van der Waals surface area contributed by atoms with Crippen molar-refractivity contribution in [3.8, 4) is 11.8 Å². The minimum Gasteiger partial charge on any atom is -0.369 e. The summed E-state index contributed by atoms with van der Waals surface area (Å²) in [5.74, 6) is 6.50. The summed E-state index contributed by atoms with van der Waals surface area (Å²) in [6.45, 7) is 5.14. The summed E-state index contributed by atoms with van der Waals surface area (Å²) in [6.07, 6.45) is 8.65. The molecule has 0 spiro atoms. The van der Waals surface area contributed by atoms with Crippen molar-refractivity contribution in [3.05, 3.63) is 48.2 Å². The number of rotatable bonds is 11. The Labute approximate surface area is 229 Å². The van der Waals surface area contributed by atoms with E-state index in [-0.39, 0.29) is 23.8 Å². The normalized spacial score (nSPS) is 17.1. The number of likely N-dealkylation sites (N-methyl/N-ethyl adjacent to an activating group) is 2. The van der Waals surface area contributed by atoms with Crippen LogP contribution in [-0.2, 0) is 9.59 Å². The van der Waals surface area contributed by atoms with Gasteiger partial charge in [0, 0.05) is 56.1 Å². The Bertz CT molecular complexity index is 1230. The molecule has 2 aromatic heterocycles. The van der Waals surface area contributed by atoms with Gasteiger partial charge >= 0.3 is 0 Å². The number of pyridine rings is 1. The Kier molecular flexibility index (Phi) is 10.8. The number of halogens is 1. The van der Waals surface area contributed by atoms with E-state index in [0.29, 0.717) is 36.1 Å². The number of anilines is 3. The average Bonchev–Trinajstić information content (AvgIpc) is 2.88. The number of carbonyl (C=O) groups is 2. The van der Waals surface area contributed by atoms with Crippen molar-refractivity contribution in [1.82, 2.24) is 30.1 Å². The maximum atomic E-state index is 13.4. The molecule has 208 valence electrons. The fraction of sp³-hybridized carbons (Fsp3) is 0.464. The molecule has 0 radical (unpaired) electrons. The van der Waals surface area contributed by atoms with E-state index in [0.717, 1.165) is 19.3 Å². The fourth-order valence-electron chi connectivity index (χ4n) is 3.72. The molecule has 3 rings (SSSR count). The minimum absolute atomic E-state index is 0.0216. The van der Waals surface area contributed by atoms with Gasteiger partial charge in [-0.05, 0) is 46.3 Å². The number of aromatic nitrogens is 3. The fourth-order valence-corrected chi connectivity index (χ4v) is 3.72. The first-order chi connectivity index (χ1) is 18.7. The van der Waals surface area contributed by atoms with Gasteiger partial charge in [0.25, 0.3) is 0 Å². The molecule has 2 amide bonds. The van der Waals surface area contributed by atoms with Crippen LogP contribution in [0.15, 0.2) is 36.7 Å². The second-order valence-electron chi connectivity index (χ2n) is 9.81. The first-order valence-electron chi connectivity index (χ1n) is 13.1. The van der Waals surface area contributed by atoms with E-state index < -0.39 is 12.0 Å². The van der Waals surface area contributed by atoms with Gasteiger partial charge in [-0.15, -0.1) is 0 Å². The van der Waals surface area contributed by atoms with E-state index >= 15 is 0 Å². The minimum atomic E-state index is -0.593. The molecule has 1 atom stereocenters. The SMILES string of the molecule is CCCNc1nc(Nc2ccnc(F)c2)ncc1C#CC1CC(NC(=O)[C@H](C)N(C)C(=O)/C=C/CN(C)C)C1. The van der Waals surface area contributed by atoms with Crippen LogP contribution in [0.4, 0.5) is 21.8 Å². The highest BCUT2D eigenvalue weighted by atomic mass is 19.1. The summed E-state index contributed by atoms with van der Waals surface area (Å²) < 4.78 is 13.4. The standard InChI is InChI=1S/C28H37FN8O2/c1-6-12-31-26-21(18-32-28(35-26)34-22-11-13-30-24(29)17-22)10-9-20-15-23(16-20)33-27(39)19(2)37(5)25(38)8-7-14-36(3)4/h7-8,11,13,17-20,23H,6,12,14-16H2,1-5H3,(H,33,39)(H2,30,31,32,34,35)/b8-7+/t19-,20?,23?/m0/s1. The van der Waals surface area contributed by atoms with Gasteiger partial charge in [0.05, 0.1) is 11.8 Å². The molecule has 1 fully saturated rings. The van der Waals surface area contributed by atoms with Gasteiger partial charge in [-0.25, -0.2) is 9.97 Å². The van der Waals surface area contributed by atoms with Gasteiger partial charge < -0.3 is 25.8 Å². The van der Waals surface area contributed by atoms with Crippen molar-refractivity contribution in [3.63, 3.8) is 0 Å². The smallest absolute Gasteiger partial charge is 0.246 e. The summed E-state index contributed by atoms with van der Waals surface area (Å²) in [5, 5.41) is 9.27. The summed E-state index contributed by atoms with van der Waals surface area (Å²) >= 11 is 0. The monoisotopic (exact) mass is 536 g/mol. The number of carbonyl (C=O) groups excluding carboxylic acids is 2. The Morgan fingerprint density at radius 1 is 1.26 bits per heavy atom. The van der Waals surface area contributed by atoms with Crippen LogP contribution in [0.2, 0.25) is 0 Å². The number of nitrogens with one attached hydrogen (secondary N) is 3. The topological polar surface area (TPSA) is 115 Å². The lowest BCUT2D eigenvalue weighted by Crippen LogP contribution is -2.51. The lowest BCUT2D eigenvalue weighted by atomic mass is 9.80. The van der Waals surface area contributed by atoms with E-state index in [1.807, 2.05) is 19.0 Å². The Morgan fingerprint density at radius 2 is 2.03 bits per heavy atom. The highest BCUT2D eigenvalue weighted by molar-refractivity contribution is 5.92. The van der Waals surface area contributed by atoms with Crippen LogP contribution in [0.3, 0.4) is 0 Å². The van der Waals surface area contributed by atoms with Crippen molar-refractivity contribution in [2.45, 2.75) is 45.2 Å². The Hall–Kier alpha value is -4.04. The number of nitrogens with zero attached hydrogens (tertiary/aromatic N) is 5. The maximum Gasteiger partial charge on any atom is 0.246 e. The molecule has 0 saturated heterocycles.